The third kappa shape index (κ3) is 5.93. The van der Waals surface area contributed by atoms with Crippen molar-refractivity contribution in [2.75, 3.05) is 18.1 Å². The van der Waals surface area contributed by atoms with E-state index in [1.54, 1.807) is 0 Å². The van der Waals surface area contributed by atoms with Crippen LogP contribution in [0.25, 0.3) is 0 Å². The maximum atomic E-state index is 10.2. The Bertz CT molecular complexity index is 175. The summed E-state index contributed by atoms with van der Waals surface area (Å²) in [6, 6.07) is -0.929. The predicted octanol–water partition coefficient (Wildman–Crippen LogP) is -0.592. The summed E-state index contributed by atoms with van der Waals surface area (Å²) in [4.78, 5) is 19.5. The summed E-state index contributed by atoms with van der Waals surface area (Å²) in [5, 5.41) is 18.1. The molecule has 70 valence electrons. The number of aliphatic carboxylic acids is 1. The zero-order chi connectivity index (χ0) is 9.56. The summed E-state index contributed by atoms with van der Waals surface area (Å²) in [5.74, 6) is -0.569. The van der Waals surface area contributed by atoms with Crippen molar-refractivity contribution in [3.05, 3.63) is 10.1 Å². The number of nitro groups is 1. The molecular weight excluding hydrogens is 184 g/mol. The van der Waals surface area contributed by atoms with E-state index in [0.29, 0.717) is 5.75 Å². The second-order valence-electron chi connectivity index (χ2n) is 2.08. The topological polar surface area (TPSA) is 106 Å². The summed E-state index contributed by atoms with van der Waals surface area (Å²) < 4.78 is 0. The highest BCUT2D eigenvalue weighted by molar-refractivity contribution is 7.99. The van der Waals surface area contributed by atoms with Crippen molar-refractivity contribution >= 4 is 17.7 Å². The minimum absolute atomic E-state index is 0.156. The zero-order valence-electron chi connectivity index (χ0n) is 6.30. The van der Waals surface area contributed by atoms with Gasteiger partial charge in [0.05, 0.1) is 5.75 Å². The minimum Gasteiger partial charge on any atom is -0.480 e. The predicted molar refractivity (Wildman–Crippen MR) is 44.8 cm³/mol. The molecule has 0 rings (SSSR count). The lowest BCUT2D eigenvalue weighted by molar-refractivity contribution is -0.474. The van der Waals surface area contributed by atoms with E-state index >= 15 is 0 Å². The van der Waals surface area contributed by atoms with Crippen molar-refractivity contribution in [3.8, 4) is 0 Å². The van der Waals surface area contributed by atoms with Crippen molar-refractivity contribution in [2.45, 2.75) is 6.04 Å². The molecule has 0 radical (unpaired) electrons. The van der Waals surface area contributed by atoms with Gasteiger partial charge >= 0.3 is 5.97 Å². The van der Waals surface area contributed by atoms with Crippen LogP contribution in [0.15, 0.2) is 0 Å². The second-order valence-corrected chi connectivity index (χ2v) is 3.23. The molecule has 0 aliphatic carbocycles. The first-order valence-corrected chi connectivity index (χ1v) is 4.37. The van der Waals surface area contributed by atoms with Crippen LogP contribution in [0.5, 0.6) is 0 Å². The fraction of sp³-hybridized carbons (Fsp3) is 0.800. The smallest absolute Gasteiger partial charge is 0.321 e. The lowest BCUT2D eigenvalue weighted by Gasteiger charge is -2.03. The summed E-state index contributed by atoms with van der Waals surface area (Å²) in [7, 11) is 0. The first-order chi connectivity index (χ1) is 5.54. The molecule has 0 aromatic carbocycles. The molecule has 7 heteroatoms. The van der Waals surface area contributed by atoms with Gasteiger partial charge in [0.15, 0.2) is 0 Å². The van der Waals surface area contributed by atoms with Gasteiger partial charge in [-0.05, 0) is 0 Å². The molecule has 0 fully saturated rings. The van der Waals surface area contributed by atoms with Crippen LogP contribution in [0.2, 0.25) is 0 Å². The molecule has 0 aliphatic heterocycles. The number of hydrogen-bond donors (Lipinski definition) is 2. The van der Waals surface area contributed by atoms with Crippen LogP contribution in [0.4, 0.5) is 0 Å². The van der Waals surface area contributed by atoms with Crippen LogP contribution in [0, 0.1) is 10.1 Å². The van der Waals surface area contributed by atoms with Gasteiger partial charge in [0, 0.05) is 10.7 Å². The molecule has 1 atom stereocenters. The number of nitrogens with zero attached hydrogens (tertiary/aromatic N) is 1. The lowest BCUT2D eigenvalue weighted by atomic mass is 10.4. The highest BCUT2D eigenvalue weighted by Crippen LogP contribution is 2.00. The van der Waals surface area contributed by atoms with Gasteiger partial charge in [-0.1, -0.05) is 0 Å². The van der Waals surface area contributed by atoms with Gasteiger partial charge in [-0.15, -0.1) is 0 Å². The molecule has 0 unspecified atom stereocenters. The molecule has 3 N–H and O–H groups in total. The van der Waals surface area contributed by atoms with E-state index in [1.165, 1.54) is 11.8 Å². The summed E-state index contributed by atoms with van der Waals surface area (Å²) in [5.41, 5.74) is 5.14. The van der Waals surface area contributed by atoms with Gasteiger partial charge in [-0.2, -0.15) is 11.8 Å². The standard InChI is InChI=1S/C5H10N2O4S/c6-4(5(8)9)3-12-2-1-7(10)11/h4H,1-3,6H2,(H,8,9)/t4-/m0/s1. The van der Waals surface area contributed by atoms with E-state index < -0.39 is 16.9 Å². The van der Waals surface area contributed by atoms with Crippen LogP contribution in [0.3, 0.4) is 0 Å². The van der Waals surface area contributed by atoms with E-state index in [1.807, 2.05) is 0 Å². The highest BCUT2D eigenvalue weighted by Gasteiger charge is 2.11. The van der Waals surface area contributed by atoms with Crippen LogP contribution >= 0.6 is 11.8 Å². The Hall–Kier alpha value is -0.820. The Morgan fingerprint density at radius 2 is 2.33 bits per heavy atom. The molecular formula is C5H10N2O4S. The van der Waals surface area contributed by atoms with Crippen LogP contribution < -0.4 is 5.73 Å². The number of rotatable bonds is 6. The molecule has 0 aliphatic rings. The number of carboxylic acid groups (broad SMARTS) is 1. The number of carbonyl (C=O) groups is 1. The maximum absolute atomic E-state index is 10.2. The minimum atomic E-state index is -1.08. The summed E-state index contributed by atoms with van der Waals surface area (Å²) in [6.07, 6.45) is 0. The van der Waals surface area contributed by atoms with Crippen LogP contribution in [0.1, 0.15) is 0 Å². The van der Waals surface area contributed by atoms with E-state index in [2.05, 4.69) is 0 Å². The number of hydrogen-bond acceptors (Lipinski definition) is 5. The largest absolute Gasteiger partial charge is 0.480 e. The zero-order valence-corrected chi connectivity index (χ0v) is 7.12. The van der Waals surface area contributed by atoms with Gasteiger partial charge in [-0.25, -0.2) is 0 Å². The summed E-state index contributed by atoms with van der Waals surface area (Å²) >= 11 is 1.17. The first kappa shape index (κ1) is 11.2. The lowest BCUT2D eigenvalue weighted by Crippen LogP contribution is -2.32. The Morgan fingerprint density at radius 3 is 2.75 bits per heavy atom. The van der Waals surface area contributed by atoms with Crippen molar-refractivity contribution in [1.82, 2.24) is 0 Å². The van der Waals surface area contributed by atoms with Crippen molar-refractivity contribution in [1.29, 1.82) is 0 Å². The molecule has 0 heterocycles. The third-order valence-electron chi connectivity index (χ3n) is 1.03. The highest BCUT2D eigenvalue weighted by atomic mass is 32.2. The molecule has 0 aromatic heterocycles. The fourth-order valence-corrected chi connectivity index (χ4v) is 1.26. The molecule has 6 nitrogen and oxygen atoms in total. The Morgan fingerprint density at radius 1 is 1.75 bits per heavy atom. The number of carboxylic acids is 1. The van der Waals surface area contributed by atoms with Gasteiger partial charge in [0.25, 0.3) is 0 Å². The fourth-order valence-electron chi connectivity index (χ4n) is 0.421. The van der Waals surface area contributed by atoms with Crippen molar-refractivity contribution in [2.24, 2.45) is 5.73 Å². The maximum Gasteiger partial charge on any atom is 0.321 e. The molecule has 12 heavy (non-hydrogen) atoms. The number of thioether (sulfide) groups is 1. The monoisotopic (exact) mass is 194 g/mol. The quantitative estimate of drug-likeness (QED) is 0.332. The number of nitrogens with two attached hydrogens (primary N) is 1. The van der Waals surface area contributed by atoms with Crippen molar-refractivity contribution < 1.29 is 14.8 Å². The van der Waals surface area contributed by atoms with Crippen LogP contribution in [-0.2, 0) is 4.79 Å². The van der Waals surface area contributed by atoms with Gasteiger partial charge in [0.1, 0.15) is 6.04 Å². The van der Waals surface area contributed by atoms with Gasteiger partial charge in [-0.3, -0.25) is 14.9 Å². The molecule has 0 amide bonds. The van der Waals surface area contributed by atoms with E-state index in [0.717, 1.165) is 0 Å². The molecule has 0 bridgehead atoms. The van der Waals surface area contributed by atoms with E-state index in [4.69, 9.17) is 10.8 Å². The first-order valence-electron chi connectivity index (χ1n) is 3.22. The average Bonchev–Trinajstić information content (AvgIpc) is 1.97. The Kier molecular flexibility index (Phi) is 5.39. The van der Waals surface area contributed by atoms with Crippen LogP contribution in [-0.4, -0.2) is 40.1 Å². The van der Waals surface area contributed by atoms with E-state index in [-0.39, 0.29) is 12.3 Å². The summed E-state index contributed by atoms with van der Waals surface area (Å²) in [6.45, 7) is -0.156. The SMILES string of the molecule is N[C@@H](CSCC[N+](=O)[O-])C(=O)O. The molecule has 0 saturated heterocycles. The Labute approximate surface area is 73.3 Å². The van der Waals surface area contributed by atoms with E-state index in [9.17, 15) is 14.9 Å². The van der Waals surface area contributed by atoms with Gasteiger partial charge in [0.2, 0.25) is 6.54 Å². The molecule has 0 aromatic rings. The molecule has 0 spiro atoms. The third-order valence-corrected chi connectivity index (χ3v) is 2.10. The van der Waals surface area contributed by atoms with Crippen molar-refractivity contribution in [3.63, 3.8) is 0 Å². The normalized spacial score (nSPS) is 12.4. The average molecular weight is 194 g/mol. The van der Waals surface area contributed by atoms with Gasteiger partial charge < -0.3 is 10.8 Å². The molecule has 0 saturated carbocycles. The second kappa shape index (κ2) is 5.78. The Balaban J connectivity index is 3.31.